The molecule has 3 rings (SSSR count). The Balaban J connectivity index is 1.78. The molecule has 0 bridgehead atoms. The summed E-state index contributed by atoms with van der Waals surface area (Å²) in [4.78, 5) is 14.5. The molecule has 1 aromatic carbocycles. The number of aryl methyl sites for hydroxylation is 1. The van der Waals surface area contributed by atoms with Crippen molar-refractivity contribution in [2.24, 2.45) is 0 Å². The highest BCUT2D eigenvalue weighted by molar-refractivity contribution is 5.94. The van der Waals surface area contributed by atoms with Gasteiger partial charge >= 0.3 is 0 Å². The van der Waals surface area contributed by atoms with E-state index in [1.165, 1.54) is 18.4 Å². The SMILES string of the molecule is O=C(c1ccc2c(c1)CCCO2)N1CCCCCC1. The van der Waals surface area contributed by atoms with Crippen LogP contribution < -0.4 is 4.74 Å². The molecule has 0 radical (unpaired) electrons. The number of fused-ring (bicyclic) bond motifs is 1. The van der Waals surface area contributed by atoms with E-state index in [-0.39, 0.29) is 5.91 Å². The molecule has 0 N–H and O–H groups in total. The highest BCUT2D eigenvalue weighted by atomic mass is 16.5. The lowest BCUT2D eigenvalue weighted by atomic mass is 10.0. The molecule has 3 heteroatoms. The van der Waals surface area contributed by atoms with Crippen molar-refractivity contribution in [3.05, 3.63) is 29.3 Å². The standard InChI is InChI=1S/C16H21NO2/c18-16(17-9-3-1-2-4-10-17)14-7-8-15-13(12-14)6-5-11-19-15/h7-8,12H,1-6,9-11H2. The lowest BCUT2D eigenvalue weighted by Crippen LogP contribution is -2.31. The number of likely N-dealkylation sites (tertiary alicyclic amines) is 1. The molecule has 1 aromatic rings. The molecule has 2 aliphatic rings. The van der Waals surface area contributed by atoms with Crippen molar-refractivity contribution < 1.29 is 9.53 Å². The van der Waals surface area contributed by atoms with Crippen LogP contribution in [0, 0.1) is 0 Å². The van der Waals surface area contributed by atoms with Crippen LogP contribution in [0.1, 0.15) is 48.0 Å². The van der Waals surface area contributed by atoms with Crippen LogP contribution in [-0.4, -0.2) is 30.5 Å². The Kier molecular flexibility index (Phi) is 3.72. The highest BCUT2D eigenvalue weighted by Gasteiger charge is 2.19. The summed E-state index contributed by atoms with van der Waals surface area (Å²) in [5.41, 5.74) is 2.01. The quantitative estimate of drug-likeness (QED) is 0.776. The van der Waals surface area contributed by atoms with Crippen LogP contribution in [0.3, 0.4) is 0 Å². The van der Waals surface area contributed by atoms with Crippen LogP contribution >= 0.6 is 0 Å². The Morgan fingerprint density at radius 1 is 1.05 bits per heavy atom. The summed E-state index contributed by atoms with van der Waals surface area (Å²) in [5, 5.41) is 0. The highest BCUT2D eigenvalue weighted by Crippen LogP contribution is 2.26. The fourth-order valence-corrected chi connectivity index (χ4v) is 2.95. The van der Waals surface area contributed by atoms with Crippen LogP contribution in [0.2, 0.25) is 0 Å². The minimum atomic E-state index is 0.190. The van der Waals surface area contributed by atoms with E-state index in [2.05, 4.69) is 0 Å². The predicted octanol–water partition coefficient (Wildman–Crippen LogP) is 3.03. The van der Waals surface area contributed by atoms with Gasteiger partial charge < -0.3 is 9.64 Å². The van der Waals surface area contributed by atoms with Crippen molar-refractivity contribution in [1.29, 1.82) is 0 Å². The maximum atomic E-state index is 12.5. The number of ether oxygens (including phenoxy) is 1. The number of carbonyl (C=O) groups is 1. The summed E-state index contributed by atoms with van der Waals surface area (Å²) in [6.07, 6.45) is 6.86. The number of amides is 1. The number of rotatable bonds is 1. The average molecular weight is 259 g/mol. The number of carbonyl (C=O) groups excluding carboxylic acids is 1. The Morgan fingerprint density at radius 2 is 1.84 bits per heavy atom. The molecule has 2 aliphatic heterocycles. The Bertz CT molecular complexity index is 462. The summed E-state index contributed by atoms with van der Waals surface area (Å²) >= 11 is 0. The number of benzene rings is 1. The lowest BCUT2D eigenvalue weighted by Gasteiger charge is -2.22. The van der Waals surface area contributed by atoms with Gasteiger partial charge in [0.15, 0.2) is 0 Å². The molecule has 0 atom stereocenters. The number of hydrogen-bond acceptors (Lipinski definition) is 2. The van der Waals surface area contributed by atoms with Crippen LogP contribution in [0.25, 0.3) is 0 Å². The average Bonchev–Trinajstić information content (AvgIpc) is 2.75. The molecule has 0 unspecified atom stereocenters. The molecule has 1 fully saturated rings. The molecule has 3 nitrogen and oxygen atoms in total. The van der Waals surface area contributed by atoms with Crippen molar-refractivity contribution in [1.82, 2.24) is 4.90 Å². The van der Waals surface area contributed by atoms with E-state index < -0.39 is 0 Å². The summed E-state index contributed by atoms with van der Waals surface area (Å²) in [7, 11) is 0. The van der Waals surface area contributed by atoms with Crippen molar-refractivity contribution in [2.75, 3.05) is 19.7 Å². The van der Waals surface area contributed by atoms with Crippen molar-refractivity contribution in [3.8, 4) is 5.75 Å². The van der Waals surface area contributed by atoms with Gasteiger partial charge in [-0.25, -0.2) is 0 Å². The van der Waals surface area contributed by atoms with Gasteiger partial charge in [-0.1, -0.05) is 12.8 Å². The first-order valence-corrected chi connectivity index (χ1v) is 7.39. The fourth-order valence-electron chi connectivity index (χ4n) is 2.95. The van der Waals surface area contributed by atoms with Crippen LogP contribution in [0.15, 0.2) is 18.2 Å². The van der Waals surface area contributed by atoms with Crippen molar-refractivity contribution in [3.63, 3.8) is 0 Å². The van der Waals surface area contributed by atoms with Gasteiger partial charge in [0.2, 0.25) is 0 Å². The zero-order valence-electron chi connectivity index (χ0n) is 11.4. The molecular weight excluding hydrogens is 238 g/mol. The van der Waals surface area contributed by atoms with Gasteiger partial charge in [-0.2, -0.15) is 0 Å². The summed E-state index contributed by atoms with van der Waals surface area (Å²) < 4.78 is 5.60. The Labute approximate surface area is 114 Å². The number of nitrogens with zero attached hydrogens (tertiary/aromatic N) is 1. The molecule has 0 spiro atoms. The zero-order valence-corrected chi connectivity index (χ0v) is 11.4. The lowest BCUT2D eigenvalue weighted by molar-refractivity contribution is 0.0761. The summed E-state index contributed by atoms with van der Waals surface area (Å²) in [6.45, 7) is 2.62. The summed E-state index contributed by atoms with van der Waals surface area (Å²) in [5.74, 6) is 1.15. The molecule has 1 amide bonds. The van der Waals surface area contributed by atoms with E-state index in [0.717, 1.165) is 56.7 Å². The van der Waals surface area contributed by atoms with Crippen molar-refractivity contribution >= 4 is 5.91 Å². The largest absolute Gasteiger partial charge is 0.493 e. The topological polar surface area (TPSA) is 29.5 Å². The maximum absolute atomic E-state index is 12.5. The second-order valence-corrected chi connectivity index (χ2v) is 5.48. The number of hydrogen-bond donors (Lipinski definition) is 0. The zero-order chi connectivity index (χ0) is 13.1. The molecule has 0 saturated carbocycles. The van der Waals surface area contributed by atoms with Crippen LogP contribution in [0.5, 0.6) is 5.75 Å². The Morgan fingerprint density at radius 3 is 2.63 bits per heavy atom. The van der Waals surface area contributed by atoms with E-state index >= 15 is 0 Å². The molecule has 0 aliphatic carbocycles. The molecule has 19 heavy (non-hydrogen) atoms. The van der Waals surface area contributed by atoms with Gasteiger partial charge in [-0.3, -0.25) is 4.79 Å². The Hall–Kier alpha value is -1.51. The van der Waals surface area contributed by atoms with E-state index in [1.54, 1.807) is 0 Å². The summed E-state index contributed by atoms with van der Waals surface area (Å²) in [6, 6.07) is 5.90. The van der Waals surface area contributed by atoms with E-state index in [9.17, 15) is 4.79 Å². The first-order valence-electron chi connectivity index (χ1n) is 7.39. The van der Waals surface area contributed by atoms with Gasteiger partial charge in [0.25, 0.3) is 5.91 Å². The molecule has 1 saturated heterocycles. The van der Waals surface area contributed by atoms with Gasteiger partial charge in [0, 0.05) is 18.7 Å². The van der Waals surface area contributed by atoms with Crippen LogP contribution in [-0.2, 0) is 6.42 Å². The third-order valence-corrected chi connectivity index (χ3v) is 4.05. The smallest absolute Gasteiger partial charge is 0.253 e. The minimum Gasteiger partial charge on any atom is -0.493 e. The van der Waals surface area contributed by atoms with Gasteiger partial charge in [0.05, 0.1) is 6.61 Å². The molecule has 0 aromatic heterocycles. The minimum absolute atomic E-state index is 0.190. The van der Waals surface area contributed by atoms with E-state index in [1.807, 2.05) is 23.1 Å². The first kappa shape index (κ1) is 12.5. The molecule has 102 valence electrons. The van der Waals surface area contributed by atoms with Gasteiger partial charge in [0.1, 0.15) is 5.75 Å². The maximum Gasteiger partial charge on any atom is 0.253 e. The second kappa shape index (κ2) is 5.64. The monoisotopic (exact) mass is 259 g/mol. The third-order valence-electron chi connectivity index (χ3n) is 4.05. The first-order chi connectivity index (χ1) is 9.34. The van der Waals surface area contributed by atoms with E-state index in [0.29, 0.717) is 0 Å². The second-order valence-electron chi connectivity index (χ2n) is 5.48. The molecular formula is C16H21NO2. The van der Waals surface area contributed by atoms with Gasteiger partial charge in [-0.05, 0) is 49.4 Å². The van der Waals surface area contributed by atoms with Crippen LogP contribution in [0.4, 0.5) is 0 Å². The third kappa shape index (κ3) is 2.75. The van der Waals surface area contributed by atoms with E-state index in [4.69, 9.17) is 4.74 Å². The predicted molar refractivity (Wildman–Crippen MR) is 74.6 cm³/mol. The van der Waals surface area contributed by atoms with Gasteiger partial charge in [-0.15, -0.1) is 0 Å². The van der Waals surface area contributed by atoms with Crippen molar-refractivity contribution in [2.45, 2.75) is 38.5 Å². The molecule has 2 heterocycles. The fraction of sp³-hybridized carbons (Fsp3) is 0.562. The normalized spacial score (nSPS) is 19.3.